The number of likely N-dealkylation sites (tertiary alicyclic amines) is 1. The van der Waals surface area contributed by atoms with Gasteiger partial charge in [-0.3, -0.25) is 9.59 Å². The van der Waals surface area contributed by atoms with E-state index in [9.17, 15) is 9.59 Å². The third-order valence-electron chi connectivity index (χ3n) is 3.45. The standard InChI is InChI=1S/C14H15BrClNO3/c15-11-5-10(6-12(16)7-11)14(20)17-4-3-9(8-17)1-2-13(18)19/h5-7,9H,1-4,8H2,(H,18,19). The number of hydrogen-bond donors (Lipinski definition) is 1. The molecule has 4 nitrogen and oxygen atoms in total. The third kappa shape index (κ3) is 3.96. The summed E-state index contributed by atoms with van der Waals surface area (Å²) in [5.41, 5.74) is 0.559. The highest BCUT2D eigenvalue weighted by atomic mass is 79.9. The smallest absolute Gasteiger partial charge is 0.303 e. The molecule has 1 aliphatic rings. The van der Waals surface area contributed by atoms with Crippen LogP contribution in [-0.4, -0.2) is 35.0 Å². The molecule has 1 atom stereocenters. The first-order valence-electron chi connectivity index (χ1n) is 6.43. The van der Waals surface area contributed by atoms with E-state index in [0.717, 1.165) is 10.9 Å². The topological polar surface area (TPSA) is 57.6 Å². The minimum Gasteiger partial charge on any atom is -0.481 e. The summed E-state index contributed by atoms with van der Waals surface area (Å²) < 4.78 is 0.773. The van der Waals surface area contributed by atoms with Gasteiger partial charge in [0.1, 0.15) is 0 Å². The van der Waals surface area contributed by atoms with Crippen molar-refractivity contribution in [1.29, 1.82) is 0 Å². The van der Waals surface area contributed by atoms with Gasteiger partial charge in [0, 0.05) is 34.6 Å². The molecule has 0 aliphatic carbocycles. The summed E-state index contributed by atoms with van der Waals surface area (Å²) in [5.74, 6) is -0.558. The van der Waals surface area contributed by atoms with Crippen molar-refractivity contribution in [2.24, 2.45) is 5.92 Å². The van der Waals surface area contributed by atoms with Crippen LogP contribution in [0.2, 0.25) is 5.02 Å². The number of halogens is 2. The van der Waals surface area contributed by atoms with Gasteiger partial charge in [-0.25, -0.2) is 0 Å². The molecule has 0 radical (unpaired) electrons. The van der Waals surface area contributed by atoms with Crippen LogP contribution >= 0.6 is 27.5 Å². The van der Waals surface area contributed by atoms with E-state index in [-0.39, 0.29) is 18.2 Å². The number of carbonyl (C=O) groups is 2. The van der Waals surface area contributed by atoms with Crippen LogP contribution in [0.4, 0.5) is 0 Å². The van der Waals surface area contributed by atoms with E-state index >= 15 is 0 Å². The molecule has 0 spiro atoms. The quantitative estimate of drug-likeness (QED) is 0.895. The molecule has 1 saturated heterocycles. The van der Waals surface area contributed by atoms with Crippen molar-refractivity contribution in [2.45, 2.75) is 19.3 Å². The lowest BCUT2D eigenvalue weighted by molar-refractivity contribution is -0.137. The molecule has 0 saturated carbocycles. The molecule has 1 aliphatic heterocycles. The highest BCUT2D eigenvalue weighted by molar-refractivity contribution is 9.10. The van der Waals surface area contributed by atoms with E-state index in [1.54, 1.807) is 23.1 Å². The Morgan fingerprint density at radius 3 is 2.80 bits per heavy atom. The number of benzene rings is 1. The van der Waals surface area contributed by atoms with E-state index < -0.39 is 5.97 Å². The van der Waals surface area contributed by atoms with E-state index in [1.807, 2.05) is 0 Å². The van der Waals surface area contributed by atoms with Crippen LogP contribution in [0.5, 0.6) is 0 Å². The molecule has 0 aromatic heterocycles. The zero-order valence-electron chi connectivity index (χ0n) is 10.8. The Labute approximate surface area is 130 Å². The van der Waals surface area contributed by atoms with Crippen LogP contribution < -0.4 is 0 Å². The Hall–Kier alpha value is -1.07. The summed E-state index contributed by atoms with van der Waals surface area (Å²) in [6, 6.07) is 5.13. The Morgan fingerprint density at radius 2 is 2.15 bits per heavy atom. The van der Waals surface area contributed by atoms with Gasteiger partial charge in [0.25, 0.3) is 5.91 Å². The minimum atomic E-state index is -0.784. The van der Waals surface area contributed by atoms with E-state index in [1.165, 1.54) is 0 Å². The summed E-state index contributed by atoms with van der Waals surface area (Å²) >= 11 is 9.27. The maximum atomic E-state index is 12.4. The predicted octanol–water partition coefficient (Wildman–Crippen LogP) is 3.43. The molecule has 108 valence electrons. The summed E-state index contributed by atoms with van der Waals surface area (Å²) in [7, 11) is 0. The molecule has 2 rings (SSSR count). The molecule has 1 aromatic carbocycles. The zero-order chi connectivity index (χ0) is 14.7. The van der Waals surface area contributed by atoms with Gasteiger partial charge in [-0.05, 0) is 37.0 Å². The largest absolute Gasteiger partial charge is 0.481 e. The van der Waals surface area contributed by atoms with Crippen LogP contribution in [0.25, 0.3) is 0 Å². The number of rotatable bonds is 4. The molecule has 6 heteroatoms. The van der Waals surface area contributed by atoms with Crippen LogP contribution in [0.3, 0.4) is 0 Å². The van der Waals surface area contributed by atoms with Crippen molar-refractivity contribution in [3.8, 4) is 0 Å². The monoisotopic (exact) mass is 359 g/mol. The van der Waals surface area contributed by atoms with Gasteiger partial charge in [-0.1, -0.05) is 27.5 Å². The number of aliphatic carboxylic acids is 1. The summed E-state index contributed by atoms with van der Waals surface area (Å²) in [6.07, 6.45) is 1.65. The van der Waals surface area contributed by atoms with Crippen molar-refractivity contribution in [3.05, 3.63) is 33.3 Å². The summed E-state index contributed by atoms with van der Waals surface area (Å²) in [6.45, 7) is 1.30. The number of carboxylic acids is 1. The number of nitrogens with zero attached hydrogens (tertiary/aromatic N) is 1. The summed E-state index contributed by atoms with van der Waals surface area (Å²) in [5, 5.41) is 9.21. The van der Waals surface area contributed by atoms with Gasteiger partial charge in [0.15, 0.2) is 0 Å². The Morgan fingerprint density at radius 1 is 1.40 bits per heavy atom. The molecular weight excluding hydrogens is 346 g/mol. The second-order valence-electron chi connectivity index (χ2n) is 5.00. The minimum absolute atomic E-state index is 0.0500. The number of carboxylic acid groups (broad SMARTS) is 1. The average Bonchev–Trinajstić information content (AvgIpc) is 2.83. The molecule has 20 heavy (non-hydrogen) atoms. The third-order valence-corrected chi connectivity index (χ3v) is 4.13. The van der Waals surface area contributed by atoms with E-state index in [2.05, 4.69) is 15.9 Å². The molecule has 1 N–H and O–H groups in total. The molecule has 1 unspecified atom stereocenters. The first kappa shape index (κ1) is 15.3. The molecular formula is C14H15BrClNO3. The van der Waals surface area contributed by atoms with Crippen molar-refractivity contribution < 1.29 is 14.7 Å². The second kappa shape index (κ2) is 6.59. The first-order valence-corrected chi connectivity index (χ1v) is 7.60. The second-order valence-corrected chi connectivity index (χ2v) is 6.35. The molecule has 1 fully saturated rings. The fraction of sp³-hybridized carbons (Fsp3) is 0.429. The SMILES string of the molecule is O=C(O)CCC1CCN(C(=O)c2cc(Cl)cc(Br)c2)C1. The molecule has 1 heterocycles. The van der Waals surface area contributed by atoms with Crippen molar-refractivity contribution in [1.82, 2.24) is 4.90 Å². The average molecular weight is 361 g/mol. The zero-order valence-corrected chi connectivity index (χ0v) is 13.2. The van der Waals surface area contributed by atoms with Crippen LogP contribution in [0.1, 0.15) is 29.6 Å². The van der Waals surface area contributed by atoms with Gasteiger partial charge < -0.3 is 10.0 Å². The van der Waals surface area contributed by atoms with Crippen molar-refractivity contribution in [3.63, 3.8) is 0 Å². The van der Waals surface area contributed by atoms with Crippen molar-refractivity contribution in [2.75, 3.05) is 13.1 Å². The van der Waals surface area contributed by atoms with Gasteiger partial charge in [-0.2, -0.15) is 0 Å². The van der Waals surface area contributed by atoms with Crippen LogP contribution in [-0.2, 0) is 4.79 Å². The Bertz CT molecular complexity index is 515. The normalized spacial score (nSPS) is 18.3. The van der Waals surface area contributed by atoms with Gasteiger partial charge >= 0.3 is 5.97 Å². The first-order chi connectivity index (χ1) is 9.45. The predicted molar refractivity (Wildman–Crippen MR) is 80.0 cm³/mol. The maximum Gasteiger partial charge on any atom is 0.303 e. The highest BCUT2D eigenvalue weighted by Crippen LogP contribution is 2.25. The highest BCUT2D eigenvalue weighted by Gasteiger charge is 2.27. The van der Waals surface area contributed by atoms with Gasteiger partial charge in [-0.15, -0.1) is 0 Å². The van der Waals surface area contributed by atoms with Gasteiger partial charge in [0.05, 0.1) is 0 Å². The van der Waals surface area contributed by atoms with Crippen LogP contribution in [0.15, 0.2) is 22.7 Å². The lowest BCUT2D eigenvalue weighted by Gasteiger charge is -2.17. The lowest BCUT2D eigenvalue weighted by Crippen LogP contribution is -2.28. The van der Waals surface area contributed by atoms with Gasteiger partial charge in [0.2, 0.25) is 0 Å². The number of carbonyl (C=O) groups excluding carboxylic acids is 1. The Kier molecular flexibility index (Phi) is 5.05. The Balaban J connectivity index is 1.98. The van der Waals surface area contributed by atoms with E-state index in [4.69, 9.17) is 16.7 Å². The maximum absolute atomic E-state index is 12.4. The number of amides is 1. The van der Waals surface area contributed by atoms with Crippen LogP contribution in [0, 0.1) is 5.92 Å². The summed E-state index contributed by atoms with van der Waals surface area (Å²) in [4.78, 5) is 24.7. The van der Waals surface area contributed by atoms with Crippen molar-refractivity contribution >= 4 is 39.4 Å². The lowest BCUT2D eigenvalue weighted by atomic mass is 10.0. The van der Waals surface area contributed by atoms with E-state index in [0.29, 0.717) is 30.1 Å². The molecule has 1 amide bonds. The number of hydrogen-bond acceptors (Lipinski definition) is 2. The fourth-order valence-corrected chi connectivity index (χ4v) is 3.30. The molecule has 1 aromatic rings. The molecule has 0 bridgehead atoms. The fourth-order valence-electron chi connectivity index (χ4n) is 2.44.